The van der Waals surface area contributed by atoms with Crippen LogP contribution < -0.4 is 11.5 Å². The molecular weight excluding hydrogens is 301 g/mol. The molecule has 0 fully saturated rings. The van der Waals surface area contributed by atoms with E-state index < -0.39 is 17.5 Å². The number of rotatable bonds is 2. The van der Waals surface area contributed by atoms with E-state index in [1.54, 1.807) is 36.4 Å². The maximum Gasteiger partial charge on any atom is 0.195 e. The summed E-state index contributed by atoms with van der Waals surface area (Å²) in [5, 5.41) is 0. The first-order chi connectivity index (χ1) is 11.0. The summed E-state index contributed by atoms with van der Waals surface area (Å²) in [5.74, 6) is -3.98. The van der Waals surface area contributed by atoms with Gasteiger partial charge in [0.1, 0.15) is 0 Å². The Morgan fingerprint density at radius 1 is 0.565 bits per heavy atom. The van der Waals surface area contributed by atoms with Crippen molar-refractivity contribution in [1.29, 1.82) is 0 Å². The molecule has 0 saturated carbocycles. The number of anilines is 2. The molecule has 0 aliphatic rings. The van der Waals surface area contributed by atoms with E-state index in [4.69, 9.17) is 11.5 Å². The second kappa shape index (κ2) is 5.68. The Labute approximate surface area is 131 Å². The fourth-order valence-electron chi connectivity index (χ4n) is 2.43. The van der Waals surface area contributed by atoms with Gasteiger partial charge in [0.05, 0.1) is 0 Å². The largest absolute Gasteiger partial charge is 0.399 e. The summed E-state index contributed by atoms with van der Waals surface area (Å²) in [6.45, 7) is 0. The van der Waals surface area contributed by atoms with Crippen LogP contribution in [0.5, 0.6) is 0 Å². The lowest BCUT2D eigenvalue weighted by Crippen LogP contribution is -1.97. The molecule has 0 amide bonds. The zero-order valence-electron chi connectivity index (χ0n) is 12.0. The molecule has 0 heterocycles. The van der Waals surface area contributed by atoms with Crippen molar-refractivity contribution in [2.45, 2.75) is 0 Å². The standard InChI is InChI=1S/C18H13F3N2/c19-16-8-7-14(17(20)18(16)21)15-9-12(23)5-6-13(15)10-1-3-11(22)4-2-10/h1-9H,22-23H2. The van der Waals surface area contributed by atoms with E-state index in [2.05, 4.69) is 0 Å². The third kappa shape index (κ3) is 2.73. The highest BCUT2D eigenvalue weighted by Gasteiger charge is 2.17. The van der Waals surface area contributed by atoms with Crippen LogP contribution in [0, 0.1) is 17.5 Å². The fourth-order valence-corrected chi connectivity index (χ4v) is 2.43. The minimum Gasteiger partial charge on any atom is -0.399 e. The van der Waals surface area contributed by atoms with Crippen LogP contribution in [0.25, 0.3) is 22.3 Å². The second-order valence-corrected chi connectivity index (χ2v) is 5.15. The van der Waals surface area contributed by atoms with Gasteiger partial charge >= 0.3 is 0 Å². The summed E-state index contributed by atoms with van der Waals surface area (Å²) in [7, 11) is 0. The van der Waals surface area contributed by atoms with Gasteiger partial charge in [-0.1, -0.05) is 18.2 Å². The Bertz CT molecular complexity index is 874. The molecule has 0 aromatic heterocycles. The van der Waals surface area contributed by atoms with Crippen LogP contribution in [0.15, 0.2) is 54.6 Å². The van der Waals surface area contributed by atoms with Gasteiger partial charge in [0, 0.05) is 16.9 Å². The molecule has 0 bridgehead atoms. The average Bonchev–Trinajstić information content (AvgIpc) is 2.54. The number of hydrogen-bond donors (Lipinski definition) is 2. The first-order valence-corrected chi connectivity index (χ1v) is 6.86. The maximum atomic E-state index is 14.2. The minimum absolute atomic E-state index is 0.0528. The lowest BCUT2D eigenvalue weighted by molar-refractivity contribution is 0.449. The van der Waals surface area contributed by atoms with E-state index in [1.165, 1.54) is 12.1 Å². The van der Waals surface area contributed by atoms with Gasteiger partial charge in [0.2, 0.25) is 0 Å². The summed E-state index contributed by atoms with van der Waals surface area (Å²) >= 11 is 0. The molecule has 0 aliphatic heterocycles. The van der Waals surface area contributed by atoms with E-state index in [-0.39, 0.29) is 5.56 Å². The molecule has 3 aromatic rings. The molecule has 0 spiro atoms. The highest BCUT2D eigenvalue weighted by atomic mass is 19.2. The van der Waals surface area contributed by atoms with E-state index in [9.17, 15) is 13.2 Å². The molecular formula is C18H13F3N2. The monoisotopic (exact) mass is 314 g/mol. The van der Waals surface area contributed by atoms with Crippen LogP contribution in [0.2, 0.25) is 0 Å². The summed E-state index contributed by atoms with van der Waals surface area (Å²) in [4.78, 5) is 0. The van der Waals surface area contributed by atoms with Gasteiger partial charge in [-0.15, -0.1) is 0 Å². The number of hydrogen-bond acceptors (Lipinski definition) is 2. The van der Waals surface area contributed by atoms with Gasteiger partial charge in [-0.05, 0) is 53.1 Å². The number of halogens is 3. The molecule has 3 rings (SSSR count). The topological polar surface area (TPSA) is 52.0 Å². The molecule has 0 saturated heterocycles. The minimum atomic E-state index is -1.51. The van der Waals surface area contributed by atoms with E-state index in [1.807, 2.05) is 0 Å². The van der Waals surface area contributed by atoms with E-state index in [0.717, 1.165) is 11.6 Å². The summed E-state index contributed by atoms with van der Waals surface area (Å²) in [5.41, 5.74) is 14.2. The molecule has 23 heavy (non-hydrogen) atoms. The highest BCUT2D eigenvalue weighted by Crippen LogP contribution is 2.36. The number of nitrogens with two attached hydrogens (primary N) is 2. The summed E-state index contributed by atoms with van der Waals surface area (Å²) in [6.07, 6.45) is 0. The molecule has 0 atom stereocenters. The normalized spacial score (nSPS) is 10.7. The maximum absolute atomic E-state index is 14.2. The van der Waals surface area contributed by atoms with Crippen LogP contribution in [-0.2, 0) is 0 Å². The Morgan fingerprint density at radius 3 is 1.87 bits per heavy atom. The molecule has 3 aromatic carbocycles. The summed E-state index contributed by atoms with van der Waals surface area (Å²) in [6, 6.07) is 13.9. The molecule has 2 nitrogen and oxygen atoms in total. The van der Waals surface area contributed by atoms with Crippen molar-refractivity contribution in [2.24, 2.45) is 0 Å². The zero-order valence-corrected chi connectivity index (χ0v) is 12.0. The van der Waals surface area contributed by atoms with Gasteiger partial charge in [-0.2, -0.15) is 0 Å². The molecule has 5 heteroatoms. The van der Waals surface area contributed by atoms with Crippen LogP contribution in [0.3, 0.4) is 0 Å². The van der Waals surface area contributed by atoms with Gasteiger partial charge in [-0.3, -0.25) is 0 Å². The van der Waals surface area contributed by atoms with Gasteiger partial charge in [-0.25, -0.2) is 13.2 Å². The van der Waals surface area contributed by atoms with E-state index >= 15 is 0 Å². The Hall–Kier alpha value is -2.95. The van der Waals surface area contributed by atoms with Crippen molar-refractivity contribution in [1.82, 2.24) is 0 Å². The molecule has 116 valence electrons. The van der Waals surface area contributed by atoms with Crippen molar-refractivity contribution < 1.29 is 13.2 Å². The third-order valence-electron chi connectivity index (χ3n) is 3.59. The van der Waals surface area contributed by atoms with Crippen LogP contribution in [0.1, 0.15) is 0 Å². The Balaban J connectivity index is 2.25. The Kier molecular flexibility index (Phi) is 3.70. The first kappa shape index (κ1) is 15.0. The van der Waals surface area contributed by atoms with Gasteiger partial charge in [0.15, 0.2) is 17.5 Å². The highest BCUT2D eigenvalue weighted by molar-refractivity contribution is 5.86. The lowest BCUT2D eigenvalue weighted by Gasteiger charge is -2.13. The quantitative estimate of drug-likeness (QED) is 0.536. The molecule has 4 N–H and O–H groups in total. The van der Waals surface area contributed by atoms with Crippen molar-refractivity contribution in [3.63, 3.8) is 0 Å². The van der Waals surface area contributed by atoms with Gasteiger partial charge < -0.3 is 11.5 Å². The van der Waals surface area contributed by atoms with E-state index in [0.29, 0.717) is 22.5 Å². The van der Waals surface area contributed by atoms with Crippen LogP contribution in [-0.4, -0.2) is 0 Å². The molecule has 0 radical (unpaired) electrons. The first-order valence-electron chi connectivity index (χ1n) is 6.86. The summed E-state index contributed by atoms with van der Waals surface area (Å²) < 4.78 is 40.9. The van der Waals surface area contributed by atoms with Crippen LogP contribution >= 0.6 is 0 Å². The zero-order chi connectivity index (χ0) is 16.6. The van der Waals surface area contributed by atoms with Crippen molar-refractivity contribution in [2.75, 3.05) is 11.5 Å². The second-order valence-electron chi connectivity index (χ2n) is 5.15. The van der Waals surface area contributed by atoms with Crippen molar-refractivity contribution >= 4 is 11.4 Å². The Morgan fingerprint density at radius 2 is 1.17 bits per heavy atom. The van der Waals surface area contributed by atoms with Gasteiger partial charge in [0.25, 0.3) is 0 Å². The predicted octanol–water partition coefficient (Wildman–Crippen LogP) is 4.60. The molecule has 0 unspecified atom stereocenters. The lowest BCUT2D eigenvalue weighted by atomic mass is 9.93. The number of nitrogen functional groups attached to an aromatic ring is 2. The molecule has 0 aliphatic carbocycles. The third-order valence-corrected chi connectivity index (χ3v) is 3.59. The smallest absolute Gasteiger partial charge is 0.195 e. The number of benzene rings is 3. The SMILES string of the molecule is Nc1ccc(-c2ccc(N)cc2-c2ccc(F)c(F)c2F)cc1. The average molecular weight is 314 g/mol. The van der Waals surface area contributed by atoms with Crippen LogP contribution in [0.4, 0.5) is 24.5 Å². The fraction of sp³-hybridized carbons (Fsp3) is 0. The predicted molar refractivity (Wildman–Crippen MR) is 86.0 cm³/mol. The van der Waals surface area contributed by atoms with Crippen molar-refractivity contribution in [3.8, 4) is 22.3 Å². The van der Waals surface area contributed by atoms with Crippen molar-refractivity contribution in [3.05, 3.63) is 72.0 Å².